The highest BCUT2D eigenvalue weighted by Crippen LogP contribution is 2.52. The maximum atomic E-state index is 6.36. The van der Waals surface area contributed by atoms with E-state index in [4.69, 9.17) is 37.0 Å². The Hall–Kier alpha value is -0.680. The second kappa shape index (κ2) is 7.06. The molecule has 1 heterocycles. The Bertz CT molecular complexity index is 884. The van der Waals surface area contributed by atoms with Crippen LogP contribution in [0, 0.1) is 0 Å². The Morgan fingerprint density at radius 3 is 2.52 bits per heavy atom. The van der Waals surface area contributed by atoms with Crippen LogP contribution in [0.5, 0.6) is 5.75 Å². The fourth-order valence-corrected chi connectivity index (χ4v) is 5.65. The quantitative estimate of drug-likeness (QED) is 0.459. The molecule has 0 saturated heterocycles. The van der Waals surface area contributed by atoms with Crippen molar-refractivity contribution in [2.45, 2.75) is 13.8 Å². The standard InChI is InChI=1S/C16H16ClO3PS2/c1-3-18-21(22,19-4-2)20-15-10-13-11(6-5-7-14(13)17)16-12(15)8-9-23-16/h5-10H,3-4H2,1-2H3. The first kappa shape index (κ1) is 17.2. The number of rotatable bonds is 6. The summed E-state index contributed by atoms with van der Waals surface area (Å²) in [5, 5.41) is 5.76. The van der Waals surface area contributed by atoms with E-state index in [0.717, 1.165) is 20.9 Å². The topological polar surface area (TPSA) is 27.7 Å². The molecular weight excluding hydrogens is 371 g/mol. The monoisotopic (exact) mass is 386 g/mol. The van der Waals surface area contributed by atoms with Gasteiger partial charge in [0.15, 0.2) is 0 Å². The van der Waals surface area contributed by atoms with Crippen LogP contribution < -0.4 is 4.52 Å². The summed E-state index contributed by atoms with van der Waals surface area (Å²) in [5.74, 6) is 0.659. The molecule has 0 aliphatic heterocycles. The van der Waals surface area contributed by atoms with Crippen molar-refractivity contribution in [2.24, 2.45) is 0 Å². The van der Waals surface area contributed by atoms with Crippen LogP contribution in [-0.4, -0.2) is 13.2 Å². The Kier molecular flexibility index (Phi) is 5.26. The van der Waals surface area contributed by atoms with E-state index >= 15 is 0 Å². The van der Waals surface area contributed by atoms with Crippen molar-refractivity contribution in [3.63, 3.8) is 0 Å². The highest BCUT2D eigenvalue weighted by molar-refractivity contribution is 8.07. The molecule has 0 N–H and O–H groups in total. The lowest BCUT2D eigenvalue weighted by Crippen LogP contribution is -2.02. The molecule has 122 valence electrons. The summed E-state index contributed by atoms with van der Waals surface area (Å²) in [4.78, 5) is 0. The molecule has 7 heteroatoms. The van der Waals surface area contributed by atoms with Crippen molar-refractivity contribution in [2.75, 3.05) is 13.2 Å². The molecule has 3 rings (SSSR count). The van der Waals surface area contributed by atoms with Crippen molar-refractivity contribution >= 4 is 62.3 Å². The summed E-state index contributed by atoms with van der Waals surface area (Å²) < 4.78 is 18.4. The first-order valence-electron chi connectivity index (χ1n) is 7.25. The molecule has 0 atom stereocenters. The van der Waals surface area contributed by atoms with Gasteiger partial charge in [0.2, 0.25) is 0 Å². The van der Waals surface area contributed by atoms with E-state index in [-0.39, 0.29) is 0 Å². The number of thiophene rings is 1. The molecule has 0 unspecified atom stereocenters. The molecule has 0 radical (unpaired) electrons. The van der Waals surface area contributed by atoms with E-state index in [1.807, 2.05) is 43.5 Å². The molecule has 0 saturated carbocycles. The number of fused-ring (bicyclic) bond motifs is 3. The maximum absolute atomic E-state index is 6.36. The average molecular weight is 387 g/mol. The number of benzene rings is 2. The fourth-order valence-electron chi connectivity index (χ4n) is 2.40. The molecule has 0 spiro atoms. The second-order valence-electron chi connectivity index (χ2n) is 4.75. The van der Waals surface area contributed by atoms with Gasteiger partial charge in [-0.05, 0) is 37.4 Å². The van der Waals surface area contributed by atoms with E-state index in [1.54, 1.807) is 11.3 Å². The van der Waals surface area contributed by atoms with Crippen molar-refractivity contribution in [3.05, 3.63) is 40.7 Å². The van der Waals surface area contributed by atoms with Crippen molar-refractivity contribution in [1.29, 1.82) is 0 Å². The minimum Gasteiger partial charge on any atom is -0.423 e. The normalized spacial score (nSPS) is 12.1. The largest absolute Gasteiger partial charge is 0.423 e. The third-order valence-corrected chi connectivity index (χ3v) is 6.99. The van der Waals surface area contributed by atoms with Gasteiger partial charge in [-0.25, -0.2) is 0 Å². The predicted octanol–water partition coefficient (Wildman–Crippen LogP) is 6.38. The molecule has 3 nitrogen and oxygen atoms in total. The third kappa shape index (κ3) is 3.41. The number of hydrogen-bond donors (Lipinski definition) is 0. The van der Waals surface area contributed by atoms with Gasteiger partial charge in [-0.2, -0.15) is 0 Å². The predicted molar refractivity (Wildman–Crippen MR) is 103 cm³/mol. The smallest absolute Gasteiger partial charge is 0.380 e. The Balaban J connectivity index is 2.17. The number of hydrogen-bond acceptors (Lipinski definition) is 5. The van der Waals surface area contributed by atoms with Crippen LogP contribution in [0.4, 0.5) is 0 Å². The van der Waals surface area contributed by atoms with E-state index < -0.39 is 6.72 Å². The molecule has 23 heavy (non-hydrogen) atoms. The zero-order chi connectivity index (χ0) is 16.4. The van der Waals surface area contributed by atoms with Gasteiger partial charge in [0, 0.05) is 37.7 Å². The summed E-state index contributed by atoms with van der Waals surface area (Å²) in [7, 11) is 0. The SMILES string of the molecule is CCOP(=S)(OCC)Oc1cc2c(Cl)cccc2c2sccc12. The van der Waals surface area contributed by atoms with Crippen LogP contribution in [0.2, 0.25) is 5.02 Å². The van der Waals surface area contributed by atoms with Gasteiger partial charge in [-0.1, -0.05) is 23.7 Å². The van der Waals surface area contributed by atoms with Crippen LogP contribution in [0.25, 0.3) is 20.9 Å². The molecule has 0 amide bonds. The molecule has 0 aliphatic rings. The van der Waals surface area contributed by atoms with Crippen LogP contribution in [0.1, 0.15) is 13.8 Å². The Morgan fingerprint density at radius 1 is 1.09 bits per heavy atom. The van der Waals surface area contributed by atoms with Crippen LogP contribution in [0.3, 0.4) is 0 Å². The van der Waals surface area contributed by atoms with E-state index in [0.29, 0.717) is 24.0 Å². The average Bonchev–Trinajstić information content (AvgIpc) is 2.99. The molecular formula is C16H16ClO3PS2. The lowest BCUT2D eigenvalue weighted by molar-refractivity contribution is 0.218. The van der Waals surface area contributed by atoms with Gasteiger partial charge in [0.25, 0.3) is 0 Å². The van der Waals surface area contributed by atoms with Gasteiger partial charge in [0.05, 0.1) is 13.2 Å². The van der Waals surface area contributed by atoms with Crippen molar-refractivity contribution in [1.82, 2.24) is 0 Å². The lowest BCUT2D eigenvalue weighted by atomic mass is 10.1. The van der Waals surface area contributed by atoms with E-state index in [1.165, 1.54) is 0 Å². The molecule has 0 fully saturated rings. The zero-order valence-corrected chi connectivity index (χ0v) is 16.0. The third-order valence-electron chi connectivity index (χ3n) is 3.29. The van der Waals surface area contributed by atoms with Gasteiger partial charge in [0.1, 0.15) is 5.75 Å². The highest BCUT2D eigenvalue weighted by Gasteiger charge is 2.23. The van der Waals surface area contributed by atoms with Crippen LogP contribution >= 0.6 is 29.7 Å². The summed E-state index contributed by atoms with van der Waals surface area (Å²) in [5.41, 5.74) is 0. The Labute approximate surface area is 149 Å². The lowest BCUT2D eigenvalue weighted by Gasteiger charge is -2.22. The first-order valence-corrected chi connectivity index (χ1v) is 11.1. The zero-order valence-electron chi connectivity index (χ0n) is 12.7. The highest BCUT2D eigenvalue weighted by atomic mass is 35.5. The molecule has 3 aromatic rings. The molecule has 1 aromatic heterocycles. The maximum Gasteiger partial charge on any atom is 0.380 e. The molecule has 2 aromatic carbocycles. The van der Waals surface area contributed by atoms with Crippen LogP contribution in [-0.2, 0) is 20.9 Å². The molecule has 0 aliphatic carbocycles. The summed E-state index contributed by atoms with van der Waals surface area (Å²) in [6.45, 7) is 1.82. The van der Waals surface area contributed by atoms with Gasteiger partial charge in [-0.15, -0.1) is 11.3 Å². The van der Waals surface area contributed by atoms with Gasteiger partial charge >= 0.3 is 6.72 Å². The van der Waals surface area contributed by atoms with Crippen molar-refractivity contribution in [3.8, 4) is 5.75 Å². The van der Waals surface area contributed by atoms with Gasteiger partial charge < -0.3 is 4.52 Å². The minimum absolute atomic E-state index is 0.443. The summed E-state index contributed by atoms with van der Waals surface area (Å²) in [6, 6.07) is 9.83. The number of halogens is 1. The molecule has 0 bridgehead atoms. The van der Waals surface area contributed by atoms with Gasteiger partial charge in [-0.3, -0.25) is 9.05 Å². The second-order valence-corrected chi connectivity index (χ2v) is 9.01. The van der Waals surface area contributed by atoms with Crippen LogP contribution in [0.15, 0.2) is 35.7 Å². The summed E-state index contributed by atoms with van der Waals surface area (Å²) >= 11 is 13.5. The van der Waals surface area contributed by atoms with E-state index in [9.17, 15) is 0 Å². The fraction of sp³-hybridized carbons (Fsp3) is 0.250. The summed E-state index contributed by atoms with van der Waals surface area (Å²) in [6.07, 6.45) is 0. The van der Waals surface area contributed by atoms with Crippen molar-refractivity contribution < 1.29 is 13.6 Å². The Morgan fingerprint density at radius 2 is 1.83 bits per heavy atom. The first-order chi connectivity index (χ1) is 11.1. The minimum atomic E-state index is -2.82. The van der Waals surface area contributed by atoms with E-state index in [2.05, 4.69) is 6.07 Å².